The molecule has 19 heavy (non-hydrogen) atoms. The summed E-state index contributed by atoms with van der Waals surface area (Å²) >= 11 is 0. The average Bonchev–Trinajstić information content (AvgIpc) is 2.86. The first-order valence-electron chi connectivity index (χ1n) is 7.26. The topological polar surface area (TPSA) is 53.6 Å². The summed E-state index contributed by atoms with van der Waals surface area (Å²) in [5.41, 5.74) is 0.905. The lowest BCUT2D eigenvalue weighted by molar-refractivity contribution is 0.214. The van der Waals surface area contributed by atoms with Crippen molar-refractivity contribution >= 4 is 16.9 Å². The van der Waals surface area contributed by atoms with Crippen LogP contribution in [0.4, 0.5) is 5.82 Å². The highest BCUT2D eigenvalue weighted by molar-refractivity contribution is 5.86. The Labute approximate surface area is 114 Å². The molecule has 0 spiro atoms. The van der Waals surface area contributed by atoms with Gasteiger partial charge in [-0.2, -0.15) is 0 Å². The lowest BCUT2D eigenvalue weighted by Crippen LogP contribution is -2.27. The number of aromatic amines is 1. The van der Waals surface area contributed by atoms with E-state index in [1.807, 2.05) is 12.3 Å². The maximum atomic E-state index is 4.36. The Morgan fingerprint density at radius 1 is 1.32 bits per heavy atom. The quantitative estimate of drug-likeness (QED) is 0.886. The molecular weight excluding hydrogens is 236 g/mol. The zero-order valence-electron chi connectivity index (χ0n) is 11.7. The number of fused-ring (bicyclic) bond motifs is 1. The molecule has 3 atom stereocenters. The van der Waals surface area contributed by atoms with E-state index in [-0.39, 0.29) is 0 Å². The van der Waals surface area contributed by atoms with Crippen LogP contribution < -0.4 is 5.32 Å². The molecule has 1 saturated carbocycles. The van der Waals surface area contributed by atoms with Crippen molar-refractivity contribution in [2.24, 2.45) is 17.8 Å². The lowest BCUT2D eigenvalue weighted by atomic mass is 9.75. The SMILES string of the molecule is CC1CCC(CNc2ncnc3[nH]ccc23)C(C)C1. The molecule has 0 amide bonds. The number of nitrogens with one attached hydrogen (secondary N) is 2. The molecule has 4 heteroatoms. The minimum atomic E-state index is 0.764. The fraction of sp³-hybridized carbons (Fsp3) is 0.600. The van der Waals surface area contributed by atoms with Gasteiger partial charge in [0.05, 0.1) is 5.39 Å². The average molecular weight is 258 g/mol. The summed E-state index contributed by atoms with van der Waals surface area (Å²) in [5.74, 6) is 3.42. The normalized spacial score (nSPS) is 27.6. The Kier molecular flexibility index (Phi) is 3.40. The van der Waals surface area contributed by atoms with Gasteiger partial charge in [0.2, 0.25) is 0 Å². The van der Waals surface area contributed by atoms with Crippen molar-refractivity contribution in [2.75, 3.05) is 11.9 Å². The number of H-pyrrole nitrogens is 1. The molecule has 0 radical (unpaired) electrons. The van der Waals surface area contributed by atoms with Crippen LogP contribution in [0.5, 0.6) is 0 Å². The Morgan fingerprint density at radius 2 is 2.21 bits per heavy atom. The van der Waals surface area contributed by atoms with Crippen molar-refractivity contribution in [3.8, 4) is 0 Å². The van der Waals surface area contributed by atoms with E-state index in [1.165, 1.54) is 19.3 Å². The Balaban J connectivity index is 1.67. The lowest BCUT2D eigenvalue weighted by Gasteiger charge is -2.32. The van der Waals surface area contributed by atoms with Gasteiger partial charge in [0, 0.05) is 12.7 Å². The molecule has 1 fully saturated rings. The minimum absolute atomic E-state index is 0.764. The van der Waals surface area contributed by atoms with Crippen molar-refractivity contribution in [3.05, 3.63) is 18.6 Å². The van der Waals surface area contributed by atoms with E-state index in [0.29, 0.717) is 0 Å². The second-order valence-corrected chi connectivity index (χ2v) is 6.00. The number of anilines is 1. The smallest absolute Gasteiger partial charge is 0.142 e. The molecule has 0 saturated heterocycles. The van der Waals surface area contributed by atoms with Crippen LogP contribution in [0.3, 0.4) is 0 Å². The van der Waals surface area contributed by atoms with Crippen LogP contribution in [0.1, 0.15) is 33.1 Å². The molecule has 2 aromatic heterocycles. The van der Waals surface area contributed by atoms with E-state index >= 15 is 0 Å². The van der Waals surface area contributed by atoms with Gasteiger partial charge < -0.3 is 10.3 Å². The molecule has 4 nitrogen and oxygen atoms in total. The van der Waals surface area contributed by atoms with E-state index in [1.54, 1.807) is 6.33 Å². The third-order valence-electron chi connectivity index (χ3n) is 4.49. The van der Waals surface area contributed by atoms with Crippen molar-refractivity contribution in [3.63, 3.8) is 0 Å². The monoisotopic (exact) mass is 258 g/mol. The van der Waals surface area contributed by atoms with E-state index in [4.69, 9.17) is 0 Å². The first-order valence-corrected chi connectivity index (χ1v) is 7.26. The van der Waals surface area contributed by atoms with Crippen LogP contribution in [0.25, 0.3) is 11.0 Å². The molecule has 2 heterocycles. The predicted octanol–water partition coefficient (Wildman–Crippen LogP) is 3.44. The molecule has 102 valence electrons. The van der Waals surface area contributed by atoms with Crippen LogP contribution in [-0.2, 0) is 0 Å². The van der Waals surface area contributed by atoms with Gasteiger partial charge in [0.25, 0.3) is 0 Å². The zero-order chi connectivity index (χ0) is 13.2. The largest absolute Gasteiger partial charge is 0.369 e. The summed E-state index contributed by atoms with van der Waals surface area (Å²) in [4.78, 5) is 11.7. The third-order valence-corrected chi connectivity index (χ3v) is 4.49. The van der Waals surface area contributed by atoms with Gasteiger partial charge in [0.1, 0.15) is 17.8 Å². The standard InChI is InChI=1S/C15H22N4/c1-10-3-4-12(11(2)7-10)8-17-15-13-5-6-16-14(13)18-9-19-15/h5-6,9-12H,3-4,7-8H2,1-2H3,(H2,16,17,18,19). The molecular formula is C15H22N4. The summed E-state index contributed by atoms with van der Waals surface area (Å²) in [6, 6.07) is 2.03. The third kappa shape index (κ3) is 2.57. The number of hydrogen-bond donors (Lipinski definition) is 2. The van der Waals surface area contributed by atoms with Gasteiger partial charge in [-0.3, -0.25) is 0 Å². The van der Waals surface area contributed by atoms with E-state index in [9.17, 15) is 0 Å². The molecule has 3 unspecified atom stereocenters. The Bertz CT molecular complexity index is 548. The van der Waals surface area contributed by atoms with Gasteiger partial charge in [-0.15, -0.1) is 0 Å². The Hall–Kier alpha value is -1.58. The first-order chi connectivity index (χ1) is 9.24. The maximum Gasteiger partial charge on any atom is 0.142 e. The molecule has 1 aliphatic rings. The molecule has 1 aliphatic carbocycles. The fourth-order valence-electron chi connectivity index (χ4n) is 3.27. The second-order valence-electron chi connectivity index (χ2n) is 6.00. The van der Waals surface area contributed by atoms with Gasteiger partial charge in [-0.05, 0) is 36.7 Å². The second kappa shape index (κ2) is 5.19. The van der Waals surface area contributed by atoms with E-state index in [0.717, 1.165) is 41.1 Å². The van der Waals surface area contributed by atoms with Crippen LogP contribution >= 0.6 is 0 Å². The molecule has 0 aliphatic heterocycles. The molecule has 0 aromatic carbocycles. The highest BCUT2D eigenvalue weighted by Crippen LogP contribution is 2.33. The van der Waals surface area contributed by atoms with Crippen LogP contribution in [0.2, 0.25) is 0 Å². The van der Waals surface area contributed by atoms with Crippen LogP contribution in [0.15, 0.2) is 18.6 Å². The van der Waals surface area contributed by atoms with Crippen molar-refractivity contribution < 1.29 is 0 Å². The summed E-state index contributed by atoms with van der Waals surface area (Å²) in [6.45, 7) is 5.77. The number of rotatable bonds is 3. The summed E-state index contributed by atoms with van der Waals surface area (Å²) in [7, 11) is 0. The highest BCUT2D eigenvalue weighted by atomic mass is 15.0. The fourth-order valence-corrected chi connectivity index (χ4v) is 3.27. The summed E-state index contributed by atoms with van der Waals surface area (Å²) < 4.78 is 0. The first kappa shape index (κ1) is 12.5. The maximum absolute atomic E-state index is 4.36. The van der Waals surface area contributed by atoms with Crippen molar-refractivity contribution in [1.29, 1.82) is 0 Å². The zero-order valence-corrected chi connectivity index (χ0v) is 11.7. The van der Waals surface area contributed by atoms with Gasteiger partial charge in [-0.1, -0.05) is 20.3 Å². The van der Waals surface area contributed by atoms with Crippen molar-refractivity contribution in [1.82, 2.24) is 15.0 Å². The number of nitrogens with zero attached hydrogens (tertiary/aromatic N) is 2. The van der Waals surface area contributed by atoms with Gasteiger partial charge in [0.15, 0.2) is 0 Å². The van der Waals surface area contributed by atoms with E-state index < -0.39 is 0 Å². The summed E-state index contributed by atoms with van der Waals surface area (Å²) in [5, 5.41) is 4.60. The summed E-state index contributed by atoms with van der Waals surface area (Å²) in [6.07, 6.45) is 7.58. The predicted molar refractivity (Wildman–Crippen MR) is 78.0 cm³/mol. The Morgan fingerprint density at radius 3 is 3.05 bits per heavy atom. The van der Waals surface area contributed by atoms with Gasteiger partial charge >= 0.3 is 0 Å². The van der Waals surface area contributed by atoms with Crippen molar-refractivity contribution in [2.45, 2.75) is 33.1 Å². The molecule has 2 aromatic rings. The van der Waals surface area contributed by atoms with Crippen LogP contribution in [-0.4, -0.2) is 21.5 Å². The minimum Gasteiger partial charge on any atom is -0.369 e. The highest BCUT2D eigenvalue weighted by Gasteiger charge is 2.25. The van der Waals surface area contributed by atoms with E-state index in [2.05, 4.69) is 34.1 Å². The van der Waals surface area contributed by atoms with Gasteiger partial charge in [-0.25, -0.2) is 9.97 Å². The molecule has 2 N–H and O–H groups in total. The number of hydrogen-bond acceptors (Lipinski definition) is 3. The molecule has 0 bridgehead atoms. The molecule has 3 rings (SSSR count). The van der Waals surface area contributed by atoms with Crippen LogP contribution in [0, 0.1) is 17.8 Å². The number of aromatic nitrogens is 3.